The molecule has 0 aliphatic rings. The Balaban J connectivity index is 1.67. The summed E-state index contributed by atoms with van der Waals surface area (Å²) in [5.41, 5.74) is 5.04. The molecular formula is C25H20O4. The van der Waals surface area contributed by atoms with E-state index in [0.717, 1.165) is 27.8 Å². The SMILES string of the molecule is Oc1ccc(-c2ccc(O)c(Cc3ccc(O)c(-c4ccc(O)cc4)c3)c2)cc1. The topological polar surface area (TPSA) is 80.9 Å². The van der Waals surface area contributed by atoms with Gasteiger partial charge in [0.15, 0.2) is 0 Å². The fourth-order valence-electron chi connectivity index (χ4n) is 3.35. The number of rotatable bonds is 4. The molecule has 29 heavy (non-hydrogen) atoms. The highest BCUT2D eigenvalue weighted by Crippen LogP contribution is 2.33. The molecule has 0 fully saturated rings. The van der Waals surface area contributed by atoms with Gasteiger partial charge in [0.25, 0.3) is 0 Å². The second kappa shape index (κ2) is 7.60. The van der Waals surface area contributed by atoms with Gasteiger partial charge < -0.3 is 20.4 Å². The van der Waals surface area contributed by atoms with Crippen LogP contribution in [0.1, 0.15) is 11.1 Å². The van der Waals surface area contributed by atoms with Crippen molar-refractivity contribution in [1.82, 2.24) is 0 Å². The molecule has 0 amide bonds. The van der Waals surface area contributed by atoms with Gasteiger partial charge in [0.05, 0.1) is 0 Å². The molecule has 0 atom stereocenters. The lowest BCUT2D eigenvalue weighted by atomic mass is 9.95. The Kier molecular flexibility index (Phi) is 4.83. The van der Waals surface area contributed by atoms with E-state index in [0.29, 0.717) is 12.0 Å². The molecule has 0 aromatic heterocycles. The summed E-state index contributed by atoms with van der Waals surface area (Å²) in [4.78, 5) is 0. The Morgan fingerprint density at radius 1 is 0.483 bits per heavy atom. The summed E-state index contributed by atoms with van der Waals surface area (Å²) in [6.45, 7) is 0. The summed E-state index contributed by atoms with van der Waals surface area (Å²) in [6, 6.07) is 24.3. The summed E-state index contributed by atoms with van der Waals surface area (Å²) < 4.78 is 0. The minimum atomic E-state index is 0.154. The summed E-state index contributed by atoms with van der Waals surface area (Å²) in [5, 5.41) is 39.6. The van der Waals surface area contributed by atoms with Gasteiger partial charge in [-0.2, -0.15) is 0 Å². The van der Waals surface area contributed by atoms with E-state index in [1.165, 1.54) is 0 Å². The van der Waals surface area contributed by atoms with Gasteiger partial charge in [0.1, 0.15) is 23.0 Å². The van der Waals surface area contributed by atoms with Crippen LogP contribution in [0.2, 0.25) is 0 Å². The summed E-state index contributed by atoms with van der Waals surface area (Å²) >= 11 is 0. The molecule has 0 radical (unpaired) electrons. The van der Waals surface area contributed by atoms with E-state index in [-0.39, 0.29) is 23.0 Å². The second-order valence-corrected chi connectivity index (χ2v) is 6.97. The van der Waals surface area contributed by atoms with Crippen LogP contribution < -0.4 is 0 Å². The predicted octanol–water partition coefficient (Wildman–Crippen LogP) is 5.43. The maximum absolute atomic E-state index is 10.3. The number of benzene rings is 4. The van der Waals surface area contributed by atoms with Crippen molar-refractivity contribution in [3.05, 3.63) is 96.1 Å². The van der Waals surface area contributed by atoms with Crippen LogP contribution in [0.3, 0.4) is 0 Å². The average Bonchev–Trinajstić information content (AvgIpc) is 2.72. The molecule has 4 aromatic rings. The Bertz CT molecular complexity index is 1150. The van der Waals surface area contributed by atoms with Crippen LogP contribution in [0.4, 0.5) is 0 Å². The van der Waals surface area contributed by atoms with Crippen molar-refractivity contribution >= 4 is 0 Å². The Labute approximate surface area is 168 Å². The summed E-state index contributed by atoms with van der Waals surface area (Å²) in [7, 11) is 0. The van der Waals surface area contributed by atoms with Crippen LogP contribution in [0.25, 0.3) is 22.3 Å². The third kappa shape index (κ3) is 4.01. The third-order valence-corrected chi connectivity index (χ3v) is 4.91. The number of hydrogen-bond acceptors (Lipinski definition) is 4. The van der Waals surface area contributed by atoms with Crippen molar-refractivity contribution in [3.63, 3.8) is 0 Å². The highest BCUT2D eigenvalue weighted by atomic mass is 16.3. The third-order valence-electron chi connectivity index (χ3n) is 4.91. The minimum Gasteiger partial charge on any atom is -0.508 e. The first-order valence-corrected chi connectivity index (χ1v) is 9.22. The lowest BCUT2D eigenvalue weighted by Gasteiger charge is -2.11. The summed E-state index contributed by atoms with van der Waals surface area (Å²) in [6.07, 6.45) is 0.489. The van der Waals surface area contributed by atoms with Crippen molar-refractivity contribution < 1.29 is 20.4 Å². The van der Waals surface area contributed by atoms with E-state index in [1.807, 2.05) is 36.4 Å². The van der Waals surface area contributed by atoms with Crippen molar-refractivity contribution in [2.45, 2.75) is 6.42 Å². The van der Waals surface area contributed by atoms with Crippen LogP contribution in [0.5, 0.6) is 23.0 Å². The van der Waals surface area contributed by atoms with Crippen molar-refractivity contribution in [3.8, 4) is 45.3 Å². The van der Waals surface area contributed by atoms with E-state index >= 15 is 0 Å². The lowest BCUT2D eigenvalue weighted by molar-refractivity contribution is 0.469. The fourth-order valence-corrected chi connectivity index (χ4v) is 3.35. The van der Waals surface area contributed by atoms with Gasteiger partial charge in [0.2, 0.25) is 0 Å². The first-order valence-electron chi connectivity index (χ1n) is 9.22. The Morgan fingerprint density at radius 2 is 1.03 bits per heavy atom. The van der Waals surface area contributed by atoms with Gasteiger partial charge in [-0.25, -0.2) is 0 Å². The van der Waals surface area contributed by atoms with Gasteiger partial charge >= 0.3 is 0 Å². The zero-order valence-corrected chi connectivity index (χ0v) is 15.6. The van der Waals surface area contributed by atoms with Crippen LogP contribution in [-0.2, 0) is 6.42 Å². The molecule has 0 aliphatic heterocycles. The molecule has 144 valence electrons. The molecule has 4 rings (SSSR count). The first kappa shape index (κ1) is 18.4. The normalized spacial score (nSPS) is 10.8. The fraction of sp³-hybridized carbons (Fsp3) is 0.0400. The largest absolute Gasteiger partial charge is 0.508 e. The zero-order chi connectivity index (χ0) is 20.4. The van der Waals surface area contributed by atoms with Crippen LogP contribution >= 0.6 is 0 Å². The highest BCUT2D eigenvalue weighted by molar-refractivity contribution is 5.72. The molecule has 4 aromatic carbocycles. The van der Waals surface area contributed by atoms with Crippen LogP contribution in [-0.4, -0.2) is 20.4 Å². The Hall–Kier alpha value is -3.92. The smallest absolute Gasteiger partial charge is 0.123 e. The van der Waals surface area contributed by atoms with Crippen LogP contribution in [0, 0.1) is 0 Å². The molecule has 0 saturated heterocycles. The Morgan fingerprint density at radius 3 is 1.69 bits per heavy atom. The molecule has 0 unspecified atom stereocenters. The van der Waals surface area contributed by atoms with Gasteiger partial charge in [0, 0.05) is 12.0 Å². The number of phenols is 4. The maximum Gasteiger partial charge on any atom is 0.123 e. The van der Waals surface area contributed by atoms with Crippen molar-refractivity contribution in [2.75, 3.05) is 0 Å². The van der Waals surface area contributed by atoms with Gasteiger partial charge in [-0.05, 0) is 76.3 Å². The number of hydrogen-bond donors (Lipinski definition) is 4. The summed E-state index contributed by atoms with van der Waals surface area (Å²) in [5.74, 6) is 0.729. The van der Waals surface area contributed by atoms with Gasteiger partial charge in [-0.15, -0.1) is 0 Å². The minimum absolute atomic E-state index is 0.154. The highest BCUT2D eigenvalue weighted by Gasteiger charge is 2.10. The van der Waals surface area contributed by atoms with E-state index in [9.17, 15) is 20.4 Å². The second-order valence-electron chi connectivity index (χ2n) is 6.97. The molecule has 0 aliphatic carbocycles. The lowest BCUT2D eigenvalue weighted by Crippen LogP contribution is -1.92. The molecule has 0 spiro atoms. The molecule has 4 nitrogen and oxygen atoms in total. The van der Waals surface area contributed by atoms with Crippen LogP contribution in [0.15, 0.2) is 84.9 Å². The average molecular weight is 384 g/mol. The van der Waals surface area contributed by atoms with Gasteiger partial charge in [-0.1, -0.05) is 36.4 Å². The zero-order valence-electron chi connectivity index (χ0n) is 15.6. The number of aromatic hydroxyl groups is 4. The van der Waals surface area contributed by atoms with Gasteiger partial charge in [-0.3, -0.25) is 0 Å². The predicted molar refractivity (Wildman–Crippen MR) is 113 cm³/mol. The van der Waals surface area contributed by atoms with E-state index in [4.69, 9.17) is 0 Å². The standard InChI is InChI=1S/C25H20O4/c26-21-7-2-17(3-8-21)19-6-12-24(28)20(15-19)13-16-1-11-25(29)23(14-16)18-4-9-22(27)10-5-18/h1-12,14-15,26-29H,13H2. The molecule has 4 N–H and O–H groups in total. The van der Waals surface area contributed by atoms with E-state index in [1.54, 1.807) is 48.5 Å². The van der Waals surface area contributed by atoms with Crippen molar-refractivity contribution in [2.24, 2.45) is 0 Å². The van der Waals surface area contributed by atoms with Crippen molar-refractivity contribution in [1.29, 1.82) is 0 Å². The first-order chi connectivity index (χ1) is 14.0. The quantitative estimate of drug-likeness (QED) is 0.378. The molecule has 0 saturated carbocycles. The maximum atomic E-state index is 10.3. The molecule has 4 heteroatoms. The monoisotopic (exact) mass is 384 g/mol. The van der Waals surface area contributed by atoms with E-state index < -0.39 is 0 Å². The number of phenolic OH excluding ortho intramolecular Hbond substituents is 4. The molecular weight excluding hydrogens is 364 g/mol. The van der Waals surface area contributed by atoms with E-state index in [2.05, 4.69) is 0 Å². The molecule has 0 bridgehead atoms. The molecule has 0 heterocycles.